The highest BCUT2D eigenvalue weighted by Gasteiger charge is 2.26. The van der Waals surface area contributed by atoms with Crippen LogP contribution in [0.3, 0.4) is 0 Å². The van der Waals surface area contributed by atoms with Gasteiger partial charge < -0.3 is 19.9 Å². The Bertz CT molecular complexity index is 613. The van der Waals surface area contributed by atoms with Gasteiger partial charge in [-0.15, -0.1) is 0 Å². The van der Waals surface area contributed by atoms with Crippen molar-refractivity contribution in [2.75, 3.05) is 39.9 Å². The van der Waals surface area contributed by atoms with Gasteiger partial charge in [-0.25, -0.2) is 13.1 Å². The van der Waals surface area contributed by atoms with Gasteiger partial charge in [-0.2, -0.15) is 0 Å². The third-order valence-electron chi connectivity index (χ3n) is 3.56. The number of carbonyl (C=O) groups is 1. The number of rotatable bonds is 6. The van der Waals surface area contributed by atoms with Crippen molar-refractivity contribution >= 4 is 15.9 Å². The number of hydrogen-bond acceptors (Lipinski definition) is 5. The molecule has 9 heteroatoms. The first-order valence-electron chi connectivity index (χ1n) is 7.14. The Balaban J connectivity index is 2.08. The van der Waals surface area contributed by atoms with Crippen LogP contribution in [0, 0.1) is 0 Å². The topological polar surface area (TPSA) is 104 Å². The number of piperazine rings is 1. The van der Waals surface area contributed by atoms with Crippen LogP contribution in [0.25, 0.3) is 0 Å². The molecule has 0 unspecified atom stereocenters. The number of ether oxygens (including phenoxy) is 1. The fraction of sp³-hybridized carbons (Fsp3) is 0.615. The van der Waals surface area contributed by atoms with Gasteiger partial charge in [0, 0.05) is 45.5 Å². The summed E-state index contributed by atoms with van der Waals surface area (Å²) in [5, 5.41) is 3.21. The maximum absolute atomic E-state index is 12.4. The second kappa shape index (κ2) is 7.23. The van der Waals surface area contributed by atoms with Gasteiger partial charge in [-0.1, -0.05) is 0 Å². The van der Waals surface area contributed by atoms with Crippen LogP contribution in [0.1, 0.15) is 17.4 Å². The first-order chi connectivity index (χ1) is 10.5. The number of H-pyrrole nitrogens is 1. The van der Waals surface area contributed by atoms with Crippen molar-refractivity contribution in [2.24, 2.45) is 0 Å². The van der Waals surface area contributed by atoms with Crippen LogP contribution in [0.2, 0.25) is 0 Å². The molecule has 22 heavy (non-hydrogen) atoms. The highest BCUT2D eigenvalue weighted by molar-refractivity contribution is 7.89. The number of nitrogens with zero attached hydrogens (tertiary/aromatic N) is 1. The van der Waals surface area contributed by atoms with Crippen molar-refractivity contribution in [3.05, 3.63) is 18.0 Å². The third-order valence-corrected chi connectivity index (χ3v) is 5.00. The van der Waals surface area contributed by atoms with Crippen LogP contribution in [-0.2, 0) is 14.8 Å². The molecule has 0 bridgehead atoms. The van der Waals surface area contributed by atoms with Crippen LogP contribution >= 0.6 is 0 Å². The van der Waals surface area contributed by atoms with Crippen molar-refractivity contribution < 1.29 is 17.9 Å². The summed E-state index contributed by atoms with van der Waals surface area (Å²) in [7, 11) is -2.14. The second-order valence-corrected chi connectivity index (χ2v) is 6.96. The monoisotopic (exact) mass is 330 g/mol. The predicted molar refractivity (Wildman–Crippen MR) is 81.2 cm³/mol. The van der Waals surface area contributed by atoms with E-state index >= 15 is 0 Å². The molecule has 1 aromatic heterocycles. The zero-order valence-corrected chi connectivity index (χ0v) is 13.6. The average Bonchev–Trinajstić information content (AvgIpc) is 2.98. The van der Waals surface area contributed by atoms with E-state index in [2.05, 4.69) is 15.0 Å². The molecule has 1 amide bonds. The molecular weight excluding hydrogens is 308 g/mol. The Kier molecular flexibility index (Phi) is 5.57. The number of hydrogen-bond donors (Lipinski definition) is 3. The summed E-state index contributed by atoms with van der Waals surface area (Å²) in [4.78, 5) is 17.0. The van der Waals surface area contributed by atoms with Gasteiger partial charge in [0.2, 0.25) is 10.0 Å². The first kappa shape index (κ1) is 16.9. The van der Waals surface area contributed by atoms with Crippen LogP contribution < -0.4 is 10.0 Å². The van der Waals surface area contributed by atoms with E-state index in [9.17, 15) is 13.2 Å². The van der Waals surface area contributed by atoms with Crippen molar-refractivity contribution in [3.63, 3.8) is 0 Å². The van der Waals surface area contributed by atoms with Crippen molar-refractivity contribution in [3.8, 4) is 0 Å². The zero-order chi connectivity index (χ0) is 16.2. The molecule has 1 atom stereocenters. The maximum atomic E-state index is 12.4. The van der Waals surface area contributed by atoms with Gasteiger partial charge in [0.1, 0.15) is 10.6 Å². The van der Waals surface area contributed by atoms with E-state index in [1.807, 2.05) is 6.92 Å². The molecular formula is C13H22N4O4S. The van der Waals surface area contributed by atoms with Crippen LogP contribution in [0.5, 0.6) is 0 Å². The van der Waals surface area contributed by atoms with Gasteiger partial charge in [0.05, 0.1) is 6.61 Å². The van der Waals surface area contributed by atoms with E-state index in [1.165, 1.54) is 19.4 Å². The molecule has 2 rings (SSSR count). The molecule has 124 valence electrons. The van der Waals surface area contributed by atoms with E-state index in [4.69, 9.17) is 4.74 Å². The van der Waals surface area contributed by atoms with Crippen LogP contribution in [0.15, 0.2) is 17.2 Å². The molecule has 0 aromatic carbocycles. The molecule has 8 nitrogen and oxygen atoms in total. The first-order valence-corrected chi connectivity index (χ1v) is 8.62. The predicted octanol–water partition coefficient (Wildman–Crippen LogP) is -0.627. The fourth-order valence-electron chi connectivity index (χ4n) is 2.31. The van der Waals surface area contributed by atoms with Crippen LogP contribution in [-0.4, -0.2) is 70.1 Å². The summed E-state index contributed by atoms with van der Waals surface area (Å²) in [5.41, 5.74) is 0.279. The SMILES string of the molecule is COCCNS(=O)(=O)c1c[nH]c(C(=O)N2CCNC[C@H]2C)c1. The smallest absolute Gasteiger partial charge is 0.270 e. The van der Waals surface area contributed by atoms with Gasteiger partial charge >= 0.3 is 0 Å². The summed E-state index contributed by atoms with van der Waals surface area (Å²) in [6.07, 6.45) is 1.33. The normalized spacial score (nSPS) is 19.4. The largest absolute Gasteiger partial charge is 0.383 e. The minimum absolute atomic E-state index is 0.0507. The Labute approximate surface area is 130 Å². The lowest BCUT2D eigenvalue weighted by Gasteiger charge is -2.33. The van der Waals surface area contributed by atoms with E-state index in [-0.39, 0.29) is 35.7 Å². The third kappa shape index (κ3) is 3.86. The number of aromatic nitrogens is 1. The Hall–Kier alpha value is -1.42. The van der Waals surface area contributed by atoms with Gasteiger partial charge in [0.25, 0.3) is 5.91 Å². The highest BCUT2D eigenvalue weighted by atomic mass is 32.2. The zero-order valence-electron chi connectivity index (χ0n) is 12.8. The number of carbonyl (C=O) groups excluding carboxylic acids is 1. The lowest BCUT2D eigenvalue weighted by molar-refractivity contribution is 0.0650. The average molecular weight is 330 g/mol. The second-order valence-electron chi connectivity index (χ2n) is 5.19. The summed E-state index contributed by atoms with van der Waals surface area (Å²) in [6, 6.07) is 1.44. The van der Waals surface area contributed by atoms with Gasteiger partial charge in [-0.3, -0.25) is 4.79 Å². The number of amides is 1. The molecule has 1 aromatic rings. The molecule has 0 aliphatic carbocycles. The number of nitrogens with one attached hydrogen (secondary N) is 3. The van der Waals surface area contributed by atoms with E-state index in [0.717, 1.165) is 13.1 Å². The molecule has 0 saturated carbocycles. The number of aromatic amines is 1. The summed E-state index contributed by atoms with van der Waals surface area (Å²) >= 11 is 0. The fourth-order valence-corrected chi connectivity index (χ4v) is 3.32. The standard InChI is InChI=1S/C13H22N4O4S/c1-10-8-14-3-5-17(10)13(18)12-7-11(9-15-12)22(19,20)16-4-6-21-2/h7,9-10,14-16H,3-6,8H2,1-2H3/t10-/m1/s1. The van der Waals surface area contributed by atoms with Crippen molar-refractivity contribution in [1.29, 1.82) is 0 Å². The van der Waals surface area contributed by atoms with E-state index < -0.39 is 10.0 Å². The lowest BCUT2D eigenvalue weighted by atomic mass is 10.2. The Morgan fingerprint density at radius 2 is 2.32 bits per heavy atom. The Morgan fingerprint density at radius 1 is 1.55 bits per heavy atom. The van der Waals surface area contributed by atoms with Crippen molar-refractivity contribution in [2.45, 2.75) is 17.9 Å². The van der Waals surface area contributed by atoms with E-state index in [0.29, 0.717) is 6.54 Å². The molecule has 3 N–H and O–H groups in total. The minimum Gasteiger partial charge on any atom is -0.383 e. The Morgan fingerprint density at radius 3 is 3.00 bits per heavy atom. The van der Waals surface area contributed by atoms with Crippen molar-refractivity contribution in [1.82, 2.24) is 19.9 Å². The molecule has 0 spiro atoms. The van der Waals surface area contributed by atoms with Gasteiger partial charge in [0.15, 0.2) is 0 Å². The summed E-state index contributed by atoms with van der Waals surface area (Å²) in [6.45, 7) is 4.50. The molecule has 1 fully saturated rings. The lowest BCUT2D eigenvalue weighted by Crippen LogP contribution is -2.52. The maximum Gasteiger partial charge on any atom is 0.270 e. The summed E-state index contributed by atoms with van der Waals surface area (Å²) in [5.74, 6) is -0.188. The summed E-state index contributed by atoms with van der Waals surface area (Å²) < 4.78 is 31.3. The van der Waals surface area contributed by atoms with E-state index in [1.54, 1.807) is 4.90 Å². The quantitative estimate of drug-likeness (QED) is 0.603. The number of sulfonamides is 1. The molecule has 0 radical (unpaired) electrons. The molecule has 1 saturated heterocycles. The highest BCUT2D eigenvalue weighted by Crippen LogP contribution is 2.14. The number of methoxy groups -OCH3 is 1. The molecule has 1 aliphatic rings. The molecule has 2 heterocycles. The molecule has 1 aliphatic heterocycles. The minimum atomic E-state index is -3.63. The van der Waals surface area contributed by atoms with Gasteiger partial charge in [-0.05, 0) is 13.0 Å². The van der Waals surface area contributed by atoms with Crippen LogP contribution in [0.4, 0.5) is 0 Å².